The van der Waals surface area contributed by atoms with Gasteiger partial charge in [-0.3, -0.25) is 9.48 Å². The van der Waals surface area contributed by atoms with Crippen molar-refractivity contribution in [1.29, 1.82) is 0 Å². The summed E-state index contributed by atoms with van der Waals surface area (Å²) in [5.41, 5.74) is 2.21. The first kappa shape index (κ1) is 21.9. The van der Waals surface area contributed by atoms with E-state index in [1.807, 2.05) is 18.2 Å². The molecule has 0 fully saturated rings. The minimum Gasteiger partial charge on any atom is -0.489 e. The molecule has 1 N–H and O–H groups in total. The predicted octanol–water partition coefficient (Wildman–Crippen LogP) is 6.21. The Kier molecular flexibility index (Phi) is 6.73. The standard InChI is InChI=1S/C24H18Cl2FN3O2/c25-21-4-2-1-3-18(21)13-30-14-22(26)23(29-30)28-24(31)17-7-5-16(6-8-17)15-32-20-11-9-19(27)10-12-20/h1-12,14H,13,15H2,(H,28,29,31). The molecular formula is C24H18Cl2FN3O2. The number of hydrogen-bond acceptors (Lipinski definition) is 3. The lowest BCUT2D eigenvalue weighted by atomic mass is 10.1. The van der Waals surface area contributed by atoms with E-state index >= 15 is 0 Å². The molecule has 0 spiro atoms. The van der Waals surface area contributed by atoms with Crippen LogP contribution in [0.15, 0.2) is 79.0 Å². The zero-order chi connectivity index (χ0) is 22.5. The van der Waals surface area contributed by atoms with E-state index in [4.69, 9.17) is 27.9 Å². The SMILES string of the molecule is O=C(Nc1nn(Cc2ccccc2Cl)cc1Cl)c1ccc(COc2ccc(F)cc2)cc1. The third kappa shape index (κ3) is 5.46. The maximum absolute atomic E-state index is 13.0. The summed E-state index contributed by atoms with van der Waals surface area (Å²) in [7, 11) is 0. The number of aromatic nitrogens is 2. The second-order valence-corrected chi connectivity index (χ2v) is 7.82. The monoisotopic (exact) mass is 469 g/mol. The van der Waals surface area contributed by atoms with Gasteiger partial charge in [-0.1, -0.05) is 53.5 Å². The van der Waals surface area contributed by atoms with E-state index in [1.54, 1.807) is 53.3 Å². The van der Waals surface area contributed by atoms with Crippen molar-refractivity contribution in [2.24, 2.45) is 0 Å². The van der Waals surface area contributed by atoms with E-state index in [2.05, 4.69) is 10.4 Å². The highest BCUT2D eigenvalue weighted by Gasteiger charge is 2.13. The number of rotatable bonds is 7. The van der Waals surface area contributed by atoms with Crippen LogP contribution in [0.1, 0.15) is 21.5 Å². The molecule has 0 radical (unpaired) electrons. The molecule has 4 aromatic rings. The van der Waals surface area contributed by atoms with Crippen molar-refractivity contribution in [2.45, 2.75) is 13.2 Å². The Balaban J connectivity index is 1.37. The highest BCUT2D eigenvalue weighted by molar-refractivity contribution is 6.33. The van der Waals surface area contributed by atoms with Crippen LogP contribution in [-0.4, -0.2) is 15.7 Å². The first-order chi connectivity index (χ1) is 15.5. The van der Waals surface area contributed by atoms with Gasteiger partial charge in [0, 0.05) is 16.8 Å². The smallest absolute Gasteiger partial charge is 0.256 e. The van der Waals surface area contributed by atoms with Crippen molar-refractivity contribution in [3.8, 4) is 5.75 Å². The van der Waals surface area contributed by atoms with E-state index < -0.39 is 0 Å². The molecule has 162 valence electrons. The van der Waals surface area contributed by atoms with Gasteiger partial charge in [-0.05, 0) is 53.6 Å². The van der Waals surface area contributed by atoms with Gasteiger partial charge in [-0.25, -0.2) is 4.39 Å². The van der Waals surface area contributed by atoms with Crippen molar-refractivity contribution < 1.29 is 13.9 Å². The number of carbonyl (C=O) groups excluding carboxylic acids is 1. The molecule has 0 aliphatic carbocycles. The maximum Gasteiger partial charge on any atom is 0.256 e. The predicted molar refractivity (Wildman–Crippen MR) is 123 cm³/mol. The molecule has 0 aliphatic rings. The number of halogens is 3. The molecule has 0 aliphatic heterocycles. The van der Waals surface area contributed by atoms with Gasteiger partial charge >= 0.3 is 0 Å². The summed E-state index contributed by atoms with van der Waals surface area (Å²) >= 11 is 12.4. The molecule has 3 aromatic carbocycles. The molecule has 5 nitrogen and oxygen atoms in total. The van der Waals surface area contributed by atoms with Crippen LogP contribution in [0.4, 0.5) is 10.2 Å². The van der Waals surface area contributed by atoms with Crippen LogP contribution in [-0.2, 0) is 13.2 Å². The Morgan fingerprint density at radius 1 is 0.969 bits per heavy atom. The third-order valence-corrected chi connectivity index (χ3v) is 5.32. The number of anilines is 1. The van der Waals surface area contributed by atoms with Crippen LogP contribution in [0.3, 0.4) is 0 Å². The number of nitrogens with one attached hydrogen (secondary N) is 1. The topological polar surface area (TPSA) is 56.2 Å². The normalized spacial score (nSPS) is 10.7. The summed E-state index contributed by atoms with van der Waals surface area (Å²) in [4.78, 5) is 12.6. The molecule has 0 saturated carbocycles. The number of amides is 1. The molecule has 8 heteroatoms. The second-order valence-electron chi connectivity index (χ2n) is 7.01. The number of nitrogens with zero attached hydrogens (tertiary/aromatic N) is 2. The Morgan fingerprint density at radius 3 is 2.41 bits per heavy atom. The van der Waals surface area contributed by atoms with Crippen molar-refractivity contribution in [2.75, 3.05) is 5.32 Å². The molecule has 32 heavy (non-hydrogen) atoms. The summed E-state index contributed by atoms with van der Waals surface area (Å²) in [6.07, 6.45) is 1.64. The average molecular weight is 470 g/mol. The van der Waals surface area contributed by atoms with Crippen molar-refractivity contribution in [3.63, 3.8) is 0 Å². The van der Waals surface area contributed by atoms with Gasteiger partial charge in [-0.15, -0.1) is 0 Å². The summed E-state index contributed by atoms with van der Waals surface area (Å²) in [6.45, 7) is 0.726. The van der Waals surface area contributed by atoms with E-state index in [9.17, 15) is 9.18 Å². The Hall–Kier alpha value is -3.35. The fourth-order valence-electron chi connectivity index (χ4n) is 2.99. The summed E-state index contributed by atoms with van der Waals surface area (Å²) < 4.78 is 20.2. The lowest BCUT2D eigenvalue weighted by Gasteiger charge is -2.07. The van der Waals surface area contributed by atoms with Crippen LogP contribution in [0, 0.1) is 5.82 Å². The number of hydrogen-bond donors (Lipinski definition) is 1. The maximum atomic E-state index is 13.0. The van der Waals surface area contributed by atoms with Gasteiger partial charge in [0.15, 0.2) is 5.82 Å². The van der Waals surface area contributed by atoms with E-state index in [1.165, 1.54) is 12.1 Å². The molecule has 1 aromatic heterocycles. The molecule has 0 saturated heterocycles. The van der Waals surface area contributed by atoms with Gasteiger partial charge < -0.3 is 10.1 Å². The fraction of sp³-hybridized carbons (Fsp3) is 0.0833. The van der Waals surface area contributed by atoms with E-state index in [0.29, 0.717) is 34.5 Å². The second kappa shape index (κ2) is 9.85. The van der Waals surface area contributed by atoms with Gasteiger partial charge in [0.1, 0.15) is 23.2 Å². The van der Waals surface area contributed by atoms with Gasteiger partial charge in [0.2, 0.25) is 0 Å². The lowest BCUT2D eigenvalue weighted by Crippen LogP contribution is -2.13. The molecular weight excluding hydrogens is 452 g/mol. The summed E-state index contributed by atoms with van der Waals surface area (Å²) in [5, 5.41) is 8.03. The highest BCUT2D eigenvalue weighted by atomic mass is 35.5. The molecule has 4 rings (SSSR count). The van der Waals surface area contributed by atoms with Crippen molar-refractivity contribution in [1.82, 2.24) is 9.78 Å². The van der Waals surface area contributed by atoms with Crippen LogP contribution in [0.25, 0.3) is 0 Å². The first-order valence-corrected chi connectivity index (χ1v) is 10.5. The Bertz CT molecular complexity index is 1220. The minimum atomic E-state index is -0.333. The zero-order valence-corrected chi connectivity index (χ0v) is 18.3. The molecule has 1 heterocycles. The Morgan fingerprint density at radius 2 is 1.69 bits per heavy atom. The lowest BCUT2D eigenvalue weighted by molar-refractivity contribution is 0.102. The number of ether oxygens (including phenoxy) is 1. The van der Waals surface area contributed by atoms with Crippen LogP contribution < -0.4 is 10.1 Å². The first-order valence-electron chi connectivity index (χ1n) is 9.73. The van der Waals surface area contributed by atoms with E-state index in [-0.39, 0.29) is 17.5 Å². The Labute approximate surface area is 194 Å². The van der Waals surface area contributed by atoms with Crippen molar-refractivity contribution in [3.05, 3.63) is 112 Å². The quantitative estimate of drug-likeness (QED) is 0.350. The minimum absolute atomic E-state index is 0.271. The van der Waals surface area contributed by atoms with Crippen LogP contribution in [0.2, 0.25) is 10.0 Å². The highest BCUT2D eigenvalue weighted by Crippen LogP contribution is 2.23. The number of benzene rings is 3. The van der Waals surface area contributed by atoms with Crippen LogP contribution >= 0.6 is 23.2 Å². The molecule has 0 bridgehead atoms. The van der Waals surface area contributed by atoms with Gasteiger partial charge in [0.05, 0.1) is 6.54 Å². The molecule has 0 atom stereocenters. The van der Waals surface area contributed by atoms with Gasteiger partial charge in [-0.2, -0.15) is 5.10 Å². The summed E-state index contributed by atoms with van der Waals surface area (Å²) in [5.74, 6) is 0.185. The van der Waals surface area contributed by atoms with Crippen molar-refractivity contribution >= 4 is 34.9 Å². The fourth-order valence-corrected chi connectivity index (χ4v) is 3.39. The largest absolute Gasteiger partial charge is 0.489 e. The van der Waals surface area contributed by atoms with Crippen LogP contribution in [0.5, 0.6) is 5.75 Å². The third-order valence-electron chi connectivity index (χ3n) is 4.67. The molecule has 1 amide bonds. The number of carbonyl (C=O) groups is 1. The average Bonchev–Trinajstić information content (AvgIpc) is 3.14. The summed E-state index contributed by atoms with van der Waals surface area (Å²) in [6, 6.07) is 20.2. The molecule has 0 unspecified atom stereocenters. The zero-order valence-electron chi connectivity index (χ0n) is 16.8. The van der Waals surface area contributed by atoms with Gasteiger partial charge in [0.25, 0.3) is 5.91 Å². The van der Waals surface area contributed by atoms with E-state index in [0.717, 1.165) is 11.1 Å².